The first-order chi connectivity index (χ1) is 11.8. The van der Waals surface area contributed by atoms with Gasteiger partial charge in [0, 0.05) is 11.1 Å². The molecule has 0 atom stereocenters. The Balaban J connectivity index is 2.15. The Morgan fingerprint density at radius 1 is 1.32 bits per heavy atom. The second-order valence-electron chi connectivity index (χ2n) is 5.96. The van der Waals surface area contributed by atoms with Crippen LogP contribution in [0, 0.1) is 6.92 Å². The maximum absolute atomic E-state index is 12.5. The van der Waals surface area contributed by atoms with Crippen molar-refractivity contribution in [1.82, 2.24) is 10.2 Å². The molecule has 8 heteroatoms. The Morgan fingerprint density at radius 2 is 1.96 bits per heavy atom. The molecule has 0 spiro atoms. The first kappa shape index (κ1) is 19.1. The van der Waals surface area contributed by atoms with Crippen molar-refractivity contribution in [1.29, 1.82) is 0 Å². The molecule has 0 aromatic heterocycles. The van der Waals surface area contributed by atoms with Crippen LogP contribution < -0.4 is 15.4 Å². The molecular weight excluding hydrogens is 346 g/mol. The highest BCUT2D eigenvalue weighted by molar-refractivity contribution is 6.31. The van der Waals surface area contributed by atoms with Crippen molar-refractivity contribution >= 4 is 35.1 Å². The first-order valence-corrected chi connectivity index (χ1v) is 8.43. The Hall–Kier alpha value is -2.28. The fraction of sp³-hybridized carbons (Fsp3) is 0.471. The van der Waals surface area contributed by atoms with Gasteiger partial charge in [-0.3, -0.25) is 14.5 Å². The lowest BCUT2D eigenvalue weighted by molar-refractivity contribution is -0.134. The summed E-state index contributed by atoms with van der Waals surface area (Å²) in [4.78, 5) is 37.9. The Labute approximate surface area is 151 Å². The van der Waals surface area contributed by atoms with E-state index in [-0.39, 0.29) is 12.5 Å². The molecule has 1 aliphatic rings. The molecule has 1 fully saturated rings. The molecule has 25 heavy (non-hydrogen) atoms. The van der Waals surface area contributed by atoms with E-state index in [2.05, 4.69) is 10.6 Å². The van der Waals surface area contributed by atoms with E-state index in [1.807, 2.05) is 13.8 Å². The Morgan fingerprint density at radius 3 is 2.48 bits per heavy atom. The molecule has 1 heterocycles. The normalized spacial score (nSPS) is 16.0. The van der Waals surface area contributed by atoms with Crippen LogP contribution in [0.2, 0.25) is 5.02 Å². The fourth-order valence-corrected chi connectivity index (χ4v) is 2.97. The number of rotatable bonds is 6. The first-order valence-electron chi connectivity index (χ1n) is 8.06. The van der Waals surface area contributed by atoms with Gasteiger partial charge in [0.2, 0.25) is 5.91 Å². The van der Waals surface area contributed by atoms with Crippen LogP contribution in [-0.4, -0.2) is 41.9 Å². The number of urea groups is 1. The van der Waals surface area contributed by atoms with E-state index >= 15 is 0 Å². The standard InChI is InChI=1S/C17H22ClN3O4/c1-5-17(6-2)15(23)21(16(24)20-17)9-14(22)19-12-7-10(3)11(18)8-13(12)25-4/h7-8H,5-6,9H2,1-4H3,(H,19,22)(H,20,24). The van der Waals surface area contributed by atoms with Crippen LogP contribution in [0.15, 0.2) is 12.1 Å². The molecule has 1 aromatic rings. The number of hydrogen-bond donors (Lipinski definition) is 2. The number of carbonyl (C=O) groups is 3. The van der Waals surface area contributed by atoms with Crippen LogP contribution in [-0.2, 0) is 9.59 Å². The molecule has 0 saturated carbocycles. The molecule has 1 aliphatic heterocycles. The fourth-order valence-electron chi connectivity index (χ4n) is 2.81. The number of imide groups is 1. The molecule has 1 aromatic carbocycles. The van der Waals surface area contributed by atoms with Crippen LogP contribution in [0.1, 0.15) is 32.3 Å². The van der Waals surface area contributed by atoms with E-state index in [4.69, 9.17) is 16.3 Å². The Bertz CT molecular complexity index is 716. The summed E-state index contributed by atoms with van der Waals surface area (Å²) in [7, 11) is 1.46. The largest absolute Gasteiger partial charge is 0.495 e. The zero-order valence-corrected chi connectivity index (χ0v) is 15.5. The number of nitrogens with one attached hydrogen (secondary N) is 2. The van der Waals surface area contributed by atoms with Crippen LogP contribution in [0.3, 0.4) is 0 Å². The van der Waals surface area contributed by atoms with Gasteiger partial charge >= 0.3 is 6.03 Å². The number of ether oxygens (including phenoxy) is 1. The van der Waals surface area contributed by atoms with E-state index in [0.29, 0.717) is 29.3 Å². The van der Waals surface area contributed by atoms with Gasteiger partial charge in [-0.1, -0.05) is 25.4 Å². The summed E-state index contributed by atoms with van der Waals surface area (Å²) in [6.07, 6.45) is 0.937. The summed E-state index contributed by atoms with van der Waals surface area (Å²) in [6.45, 7) is 5.09. The summed E-state index contributed by atoms with van der Waals surface area (Å²) in [5.41, 5.74) is 0.272. The quantitative estimate of drug-likeness (QED) is 0.757. The lowest BCUT2D eigenvalue weighted by Gasteiger charge is -2.23. The van der Waals surface area contributed by atoms with Crippen molar-refractivity contribution in [3.8, 4) is 5.75 Å². The molecule has 1 saturated heterocycles. The number of benzene rings is 1. The number of methoxy groups -OCH3 is 1. The molecular formula is C17H22ClN3O4. The number of carbonyl (C=O) groups excluding carboxylic acids is 3. The van der Waals surface area contributed by atoms with Crippen LogP contribution in [0.4, 0.5) is 10.5 Å². The van der Waals surface area contributed by atoms with Gasteiger partial charge in [-0.05, 0) is 31.4 Å². The zero-order valence-electron chi connectivity index (χ0n) is 14.7. The minimum absolute atomic E-state index is 0.364. The number of anilines is 1. The van der Waals surface area contributed by atoms with Gasteiger partial charge in [0.25, 0.3) is 5.91 Å². The molecule has 0 unspecified atom stereocenters. The SMILES string of the molecule is CCC1(CC)NC(=O)N(CC(=O)Nc2cc(C)c(Cl)cc2OC)C1=O. The van der Waals surface area contributed by atoms with E-state index in [1.165, 1.54) is 7.11 Å². The summed E-state index contributed by atoms with van der Waals surface area (Å²) in [6, 6.07) is 2.72. The van der Waals surface area contributed by atoms with E-state index in [9.17, 15) is 14.4 Å². The predicted octanol–water partition coefficient (Wildman–Crippen LogP) is 2.71. The second-order valence-corrected chi connectivity index (χ2v) is 6.37. The number of aryl methyl sites for hydroxylation is 1. The van der Waals surface area contributed by atoms with Crippen molar-refractivity contribution in [2.45, 2.75) is 39.2 Å². The lowest BCUT2D eigenvalue weighted by Crippen LogP contribution is -2.46. The van der Waals surface area contributed by atoms with E-state index in [0.717, 1.165) is 10.5 Å². The van der Waals surface area contributed by atoms with Crippen LogP contribution in [0.25, 0.3) is 0 Å². The van der Waals surface area contributed by atoms with E-state index in [1.54, 1.807) is 19.1 Å². The van der Waals surface area contributed by atoms with Gasteiger partial charge in [0.05, 0.1) is 12.8 Å². The van der Waals surface area contributed by atoms with Gasteiger partial charge in [0.1, 0.15) is 17.8 Å². The van der Waals surface area contributed by atoms with E-state index < -0.39 is 17.5 Å². The average molecular weight is 368 g/mol. The van der Waals surface area contributed by atoms with Crippen LogP contribution >= 0.6 is 11.6 Å². The highest BCUT2D eigenvalue weighted by Gasteiger charge is 2.49. The third-order valence-electron chi connectivity index (χ3n) is 4.51. The molecule has 0 aliphatic carbocycles. The summed E-state index contributed by atoms with van der Waals surface area (Å²) < 4.78 is 5.20. The Kier molecular flexibility index (Phi) is 5.57. The predicted molar refractivity (Wildman–Crippen MR) is 94.9 cm³/mol. The maximum Gasteiger partial charge on any atom is 0.325 e. The monoisotopic (exact) mass is 367 g/mol. The molecule has 7 nitrogen and oxygen atoms in total. The molecule has 2 N–H and O–H groups in total. The van der Waals surface area contributed by atoms with Crippen molar-refractivity contribution in [2.24, 2.45) is 0 Å². The number of halogens is 1. The molecule has 136 valence electrons. The minimum Gasteiger partial charge on any atom is -0.495 e. The number of amides is 4. The minimum atomic E-state index is -0.925. The topological polar surface area (TPSA) is 87.7 Å². The molecule has 0 radical (unpaired) electrons. The van der Waals surface area contributed by atoms with Gasteiger partial charge in [0.15, 0.2) is 0 Å². The number of hydrogen-bond acceptors (Lipinski definition) is 4. The summed E-state index contributed by atoms with van der Waals surface area (Å²) >= 11 is 6.04. The average Bonchev–Trinajstić information content (AvgIpc) is 2.82. The van der Waals surface area contributed by atoms with Gasteiger partial charge in [-0.15, -0.1) is 0 Å². The summed E-state index contributed by atoms with van der Waals surface area (Å²) in [5, 5.41) is 5.87. The van der Waals surface area contributed by atoms with Crippen molar-refractivity contribution in [3.63, 3.8) is 0 Å². The van der Waals surface area contributed by atoms with Crippen molar-refractivity contribution < 1.29 is 19.1 Å². The van der Waals surface area contributed by atoms with Gasteiger partial charge in [-0.25, -0.2) is 4.79 Å². The highest BCUT2D eigenvalue weighted by atomic mass is 35.5. The van der Waals surface area contributed by atoms with Crippen molar-refractivity contribution in [3.05, 3.63) is 22.7 Å². The zero-order chi connectivity index (χ0) is 18.8. The highest BCUT2D eigenvalue weighted by Crippen LogP contribution is 2.31. The van der Waals surface area contributed by atoms with Crippen molar-refractivity contribution in [2.75, 3.05) is 19.0 Å². The smallest absolute Gasteiger partial charge is 0.325 e. The van der Waals surface area contributed by atoms with Gasteiger partial charge < -0.3 is 15.4 Å². The second kappa shape index (κ2) is 7.31. The summed E-state index contributed by atoms with van der Waals surface area (Å²) in [5.74, 6) is -0.471. The maximum atomic E-state index is 12.5. The molecule has 2 rings (SSSR count). The number of nitrogens with zero attached hydrogens (tertiary/aromatic N) is 1. The van der Waals surface area contributed by atoms with Crippen LogP contribution in [0.5, 0.6) is 5.75 Å². The molecule has 4 amide bonds. The molecule has 0 bridgehead atoms. The third kappa shape index (κ3) is 3.56. The third-order valence-corrected chi connectivity index (χ3v) is 4.92. The lowest BCUT2D eigenvalue weighted by atomic mass is 9.93. The van der Waals surface area contributed by atoms with Gasteiger partial charge in [-0.2, -0.15) is 0 Å².